The first-order valence-corrected chi connectivity index (χ1v) is 12.2. The maximum Gasteiger partial charge on any atom is 0.256 e. The molecule has 1 saturated carbocycles. The molecule has 1 aromatic carbocycles. The van der Waals surface area contributed by atoms with Gasteiger partial charge in [0.15, 0.2) is 0 Å². The van der Waals surface area contributed by atoms with Gasteiger partial charge in [-0.2, -0.15) is 0 Å². The van der Waals surface area contributed by atoms with Gasteiger partial charge in [0.05, 0.1) is 22.8 Å². The van der Waals surface area contributed by atoms with E-state index in [-0.39, 0.29) is 24.5 Å². The lowest BCUT2D eigenvalue weighted by Gasteiger charge is -2.32. The van der Waals surface area contributed by atoms with Gasteiger partial charge in [0.25, 0.3) is 5.91 Å². The Kier molecular flexibility index (Phi) is 6.68. The first-order valence-electron chi connectivity index (χ1n) is 12.2. The van der Waals surface area contributed by atoms with Gasteiger partial charge in [-0.15, -0.1) is 0 Å². The zero-order chi connectivity index (χ0) is 24.4. The van der Waals surface area contributed by atoms with Crippen LogP contribution >= 0.6 is 0 Å². The molecule has 0 radical (unpaired) electrons. The van der Waals surface area contributed by atoms with Crippen LogP contribution in [0.25, 0.3) is 11.0 Å². The van der Waals surface area contributed by atoms with Crippen molar-refractivity contribution in [3.05, 3.63) is 48.0 Å². The number of aryl methyl sites for hydroxylation is 1. The van der Waals surface area contributed by atoms with Crippen LogP contribution in [0.15, 0.2) is 36.7 Å². The van der Waals surface area contributed by atoms with Crippen molar-refractivity contribution in [2.24, 2.45) is 7.05 Å². The Morgan fingerprint density at radius 1 is 1.17 bits per heavy atom. The number of carbonyl (C=O) groups is 2. The number of imidazole rings is 1. The van der Waals surface area contributed by atoms with Crippen molar-refractivity contribution >= 4 is 28.5 Å². The lowest BCUT2D eigenvalue weighted by molar-refractivity contribution is -0.119. The summed E-state index contributed by atoms with van der Waals surface area (Å²) in [5, 5.41) is 2.84. The summed E-state index contributed by atoms with van der Waals surface area (Å²) in [6.45, 7) is 1.14. The molecule has 0 unspecified atom stereocenters. The summed E-state index contributed by atoms with van der Waals surface area (Å²) >= 11 is 0. The fourth-order valence-corrected chi connectivity index (χ4v) is 4.92. The van der Waals surface area contributed by atoms with Crippen molar-refractivity contribution in [1.29, 1.82) is 0 Å². The van der Waals surface area contributed by atoms with Crippen LogP contribution < -0.4 is 10.1 Å². The van der Waals surface area contributed by atoms with Crippen LogP contribution in [0, 0.1) is 0 Å². The minimum atomic E-state index is -0.270. The molecule has 0 spiro atoms. The van der Waals surface area contributed by atoms with Crippen molar-refractivity contribution < 1.29 is 19.1 Å². The van der Waals surface area contributed by atoms with E-state index in [2.05, 4.69) is 14.9 Å². The Balaban J connectivity index is 1.39. The Morgan fingerprint density at radius 3 is 2.63 bits per heavy atom. The topological polar surface area (TPSA) is 98.6 Å². The van der Waals surface area contributed by atoms with Gasteiger partial charge in [-0.1, -0.05) is 6.42 Å². The van der Waals surface area contributed by atoms with E-state index in [0.29, 0.717) is 30.3 Å². The van der Waals surface area contributed by atoms with E-state index < -0.39 is 0 Å². The number of hydrogen-bond acceptors (Lipinski definition) is 6. The summed E-state index contributed by atoms with van der Waals surface area (Å²) in [4.78, 5) is 36.8. The standard InChI is InChI=1S/C26H31N5O4/c1-30-24-21(26(33)31-11-8-19(9-12-31)35-20-7-4-10-27-15-20)13-18(28-23(32)16-34-2)14-22(24)29-25(30)17-5-3-6-17/h4,7,10,13-15,17,19H,3,5-6,8-9,11-12,16H2,1-2H3,(H,28,32). The molecule has 0 atom stereocenters. The molecule has 2 aliphatic rings. The average Bonchev–Trinajstić information content (AvgIpc) is 3.14. The predicted octanol–water partition coefficient (Wildman–Crippen LogP) is 3.50. The maximum atomic E-state index is 13.8. The van der Waals surface area contributed by atoms with Crippen LogP contribution in [-0.4, -0.2) is 64.2 Å². The minimum Gasteiger partial charge on any atom is -0.489 e. The molecule has 2 fully saturated rings. The van der Waals surface area contributed by atoms with Crippen LogP contribution in [0.2, 0.25) is 0 Å². The highest BCUT2D eigenvalue weighted by molar-refractivity contribution is 6.07. The van der Waals surface area contributed by atoms with E-state index in [1.165, 1.54) is 13.5 Å². The number of rotatable bonds is 7. The van der Waals surface area contributed by atoms with Crippen LogP contribution in [-0.2, 0) is 16.6 Å². The van der Waals surface area contributed by atoms with Gasteiger partial charge >= 0.3 is 0 Å². The summed E-state index contributed by atoms with van der Waals surface area (Å²) in [5.74, 6) is 1.85. The van der Waals surface area contributed by atoms with Crippen LogP contribution in [0.4, 0.5) is 5.69 Å². The predicted molar refractivity (Wildman–Crippen MR) is 132 cm³/mol. The zero-order valence-electron chi connectivity index (χ0n) is 20.2. The quantitative estimate of drug-likeness (QED) is 0.559. The Labute approximate surface area is 204 Å². The number of anilines is 1. The molecular formula is C26H31N5O4. The monoisotopic (exact) mass is 477 g/mol. The number of pyridine rings is 1. The molecule has 9 nitrogen and oxygen atoms in total. The van der Waals surface area contributed by atoms with E-state index in [9.17, 15) is 9.59 Å². The molecule has 9 heteroatoms. The molecule has 35 heavy (non-hydrogen) atoms. The lowest BCUT2D eigenvalue weighted by Crippen LogP contribution is -2.42. The second-order valence-corrected chi connectivity index (χ2v) is 9.33. The Hall–Kier alpha value is -3.46. The van der Waals surface area contributed by atoms with Crippen LogP contribution in [0.3, 0.4) is 0 Å². The number of methoxy groups -OCH3 is 1. The number of piperidine rings is 1. The highest BCUT2D eigenvalue weighted by atomic mass is 16.5. The third-order valence-electron chi connectivity index (χ3n) is 6.93. The molecule has 2 aromatic heterocycles. The van der Waals surface area contributed by atoms with Gasteiger partial charge in [0.1, 0.15) is 24.3 Å². The molecule has 1 aliphatic heterocycles. The number of likely N-dealkylation sites (tertiary alicyclic amines) is 1. The normalized spacial score (nSPS) is 16.8. The fourth-order valence-electron chi connectivity index (χ4n) is 4.92. The van der Waals surface area contributed by atoms with Gasteiger partial charge < -0.3 is 24.3 Å². The van der Waals surface area contributed by atoms with E-state index in [1.807, 2.05) is 30.1 Å². The summed E-state index contributed by atoms with van der Waals surface area (Å²) in [7, 11) is 3.46. The molecule has 0 bridgehead atoms. The van der Waals surface area contributed by atoms with Crippen LogP contribution in [0.5, 0.6) is 5.75 Å². The van der Waals surface area contributed by atoms with Crippen molar-refractivity contribution in [3.63, 3.8) is 0 Å². The number of nitrogens with zero attached hydrogens (tertiary/aromatic N) is 4. The van der Waals surface area contributed by atoms with E-state index in [1.54, 1.807) is 18.5 Å². The van der Waals surface area contributed by atoms with Crippen molar-refractivity contribution in [2.75, 3.05) is 32.1 Å². The largest absolute Gasteiger partial charge is 0.489 e. The fraction of sp³-hybridized carbons (Fsp3) is 0.462. The lowest BCUT2D eigenvalue weighted by atomic mass is 9.85. The molecule has 3 aromatic rings. The first-order chi connectivity index (χ1) is 17.0. The van der Waals surface area contributed by atoms with Gasteiger partial charge in [0.2, 0.25) is 5.91 Å². The summed E-state index contributed by atoms with van der Waals surface area (Å²) in [6.07, 6.45) is 8.39. The second-order valence-electron chi connectivity index (χ2n) is 9.33. The SMILES string of the molecule is COCC(=O)Nc1cc(C(=O)N2CCC(Oc3cccnc3)CC2)c2c(c1)nc(C1CCC1)n2C. The summed E-state index contributed by atoms with van der Waals surface area (Å²) < 4.78 is 13.0. The van der Waals surface area contributed by atoms with Crippen molar-refractivity contribution in [1.82, 2.24) is 19.4 Å². The molecule has 1 saturated heterocycles. The summed E-state index contributed by atoms with van der Waals surface area (Å²) in [6, 6.07) is 7.36. The maximum absolute atomic E-state index is 13.8. The molecule has 1 N–H and O–H groups in total. The second kappa shape index (κ2) is 10.0. The third-order valence-corrected chi connectivity index (χ3v) is 6.93. The number of ether oxygens (including phenoxy) is 2. The number of nitrogens with one attached hydrogen (secondary N) is 1. The van der Waals surface area contributed by atoms with Crippen molar-refractivity contribution in [2.45, 2.75) is 44.1 Å². The van der Waals surface area contributed by atoms with E-state index in [0.717, 1.165) is 48.3 Å². The van der Waals surface area contributed by atoms with E-state index >= 15 is 0 Å². The molecule has 1 aliphatic carbocycles. The Bertz CT molecular complexity index is 1210. The van der Waals surface area contributed by atoms with Gasteiger partial charge in [0, 0.05) is 57.9 Å². The molecule has 2 amide bonds. The van der Waals surface area contributed by atoms with Gasteiger partial charge in [-0.3, -0.25) is 14.6 Å². The van der Waals surface area contributed by atoms with E-state index in [4.69, 9.17) is 14.5 Å². The molecule has 184 valence electrons. The van der Waals surface area contributed by atoms with Crippen LogP contribution in [0.1, 0.15) is 54.2 Å². The third kappa shape index (κ3) is 4.86. The zero-order valence-corrected chi connectivity index (χ0v) is 20.2. The molecule has 3 heterocycles. The Morgan fingerprint density at radius 2 is 1.97 bits per heavy atom. The number of aromatic nitrogens is 3. The average molecular weight is 478 g/mol. The van der Waals surface area contributed by atoms with Gasteiger partial charge in [-0.25, -0.2) is 4.98 Å². The number of benzene rings is 1. The number of fused-ring (bicyclic) bond motifs is 1. The van der Waals surface area contributed by atoms with Crippen molar-refractivity contribution in [3.8, 4) is 5.75 Å². The molecular weight excluding hydrogens is 446 g/mol. The molecule has 5 rings (SSSR count). The highest BCUT2D eigenvalue weighted by Crippen LogP contribution is 2.38. The number of amides is 2. The number of carbonyl (C=O) groups excluding carboxylic acids is 2. The minimum absolute atomic E-state index is 0.0462. The smallest absolute Gasteiger partial charge is 0.256 e. The first kappa shape index (κ1) is 23.3. The summed E-state index contributed by atoms with van der Waals surface area (Å²) in [5.41, 5.74) is 2.65. The highest BCUT2D eigenvalue weighted by Gasteiger charge is 2.30. The number of hydrogen-bond donors (Lipinski definition) is 1. The van der Waals surface area contributed by atoms with Gasteiger partial charge in [-0.05, 0) is 37.1 Å².